The zero-order valence-electron chi connectivity index (χ0n) is 14.3. The fourth-order valence-corrected chi connectivity index (χ4v) is 3.80. The fourth-order valence-electron chi connectivity index (χ4n) is 3.80. The summed E-state index contributed by atoms with van der Waals surface area (Å²) < 4.78 is 0. The number of hydrogen-bond donors (Lipinski definition) is 2. The molecular formula is C20H19N5O. The quantitative estimate of drug-likeness (QED) is 0.584. The largest absolute Gasteiger partial charge is 0.342 e. The number of hydrogen-bond acceptors (Lipinski definition) is 3. The lowest BCUT2D eigenvalue weighted by atomic mass is 9.96. The van der Waals surface area contributed by atoms with Crippen molar-refractivity contribution in [2.24, 2.45) is 0 Å². The number of para-hydroxylation sites is 3. The first kappa shape index (κ1) is 15.1. The van der Waals surface area contributed by atoms with Gasteiger partial charge in [-0.2, -0.15) is 5.10 Å². The summed E-state index contributed by atoms with van der Waals surface area (Å²) in [5.41, 5.74) is 3.49. The molecule has 4 aromatic rings. The van der Waals surface area contributed by atoms with E-state index >= 15 is 0 Å². The van der Waals surface area contributed by atoms with Crippen LogP contribution in [0.25, 0.3) is 21.9 Å². The Bertz CT molecular complexity index is 1050. The van der Waals surface area contributed by atoms with Crippen molar-refractivity contribution in [3.8, 4) is 0 Å². The Hall–Kier alpha value is -3.15. The van der Waals surface area contributed by atoms with E-state index in [1.54, 1.807) is 0 Å². The number of imidazole rings is 1. The number of amides is 1. The van der Waals surface area contributed by atoms with Crippen LogP contribution in [0.2, 0.25) is 0 Å². The number of fused-ring (bicyclic) bond motifs is 2. The number of rotatable bonds is 2. The summed E-state index contributed by atoms with van der Waals surface area (Å²) >= 11 is 0. The van der Waals surface area contributed by atoms with Gasteiger partial charge >= 0.3 is 0 Å². The lowest BCUT2D eigenvalue weighted by Gasteiger charge is -2.30. The Morgan fingerprint density at radius 2 is 1.73 bits per heavy atom. The topological polar surface area (TPSA) is 77.7 Å². The molecule has 0 aliphatic carbocycles. The first-order chi connectivity index (χ1) is 12.8. The molecule has 0 atom stereocenters. The van der Waals surface area contributed by atoms with E-state index in [0.29, 0.717) is 11.6 Å². The van der Waals surface area contributed by atoms with Crippen LogP contribution in [0.3, 0.4) is 0 Å². The third-order valence-electron chi connectivity index (χ3n) is 5.25. The van der Waals surface area contributed by atoms with E-state index in [1.807, 2.05) is 53.4 Å². The maximum Gasteiger partial charge on any atom is 0.274 e. The summed E-state index contributed by atoms with van der Waals surface area (Å²) in [5, 5.41) is 8.07. The molecule has 2 aromatic heterocycles. The highest BCUT2D eigenvalue weighted by Gasteiger charge is 2.28. The van der Waals surface area contributed by atoms with Gasteiger partial charge in [-0.25, -0.2) is 4.98 Å². The minimum atomic E-state index is 0.00510. The van der Waals surface area contributed by atoms with Crippen LogP contribution in [0.1, 0.15) is 35.1 Å². The smallest absolute Gasteiger partial charge is 0.274 e. The molecule has 0 bridgehead atoms. The van der Waals surface area contributed by atoms with Gasteiger partial charge in [-0.1, -0.05) is 30.3 Å². The van der Waals surface area contributed by atoms with E-state index in [-0.39, 0.29) is 5.91 Å². The number of likely N-dealkylation sites (tertiary alicyclic amines) is 1. The molecule has 0 unspecified atom stereocenters. The minimum Gasteiger partial charge on any atom is -0.342 e. The molecule has 6 nitrogen and oxygen atoms in total. The minimum absolute atomic E-state index is 0.00510. The Balaban J connectivity index is 1.33. The molecule has 6 heteroatoms. The molecule has 1 amide bonds. The van der Waals surface area contributed by atoms with Gasteiger partial charge in [0, 0.05) is 24.4 Å². The molecule has 0 spiro atoms. The Labute approximate surface area is 150 Å². The number of benzene rings is 2. The summed E-state index contributed by atoms with van der Waals surface area (Å²) in [6.45, 7) is 1.45. The van der Waals surface area contributed by atoms with Crippen molar-refractivity contribution in [3.63, 3.8) is 0 Å². The van der Waals surface area contributed by atoms with E-state index in [4.69, 9.17) is 4.98 Å². The first-order valence-corrected chi connectivity index (χ1v) is 8.96. The van der Waals surface area contributed by atoms with Crippen molar-refractivity contribution in [2.75, 3.05) is 13.1 Å². The van der Waals surface area contributed by atoms with E-state index < -0.39 is 0 Å². The zero-order chi connectivity index (χ0) is 17.5. The van der Waals surface area contributed by atoms with Gasteiger partial charge in [0.2, 0.25) is 0 Å². The van der Waals surface area contributed by atoms with E-state index in [0.717, 1.165) is 53.7 Å². The SMILES string of the molecule is O=C(c1n[nH]c2ccccc12)N1CCC(c2nc3ccccc3[nH]2)CC1. The van der Waals surface area contributed by atoms with Gasteiger partial charge in [-0.15, -0.1) is 0 Å². The predicted molar refractivity (Wildman–Crippen MR) is 100 cm³/mol. The lowest BCUT2D eigenvalue weighted by Crippen LogP contribution is -2.38. The van der Waals surface area contributed by atoms with Gasteiger partial charge in [0.25, 0.3) is 5.91 Å². The molecule has 5 rings (SSSR count). The number of aromatic nitrogens is 4. The van der Waals surface area contributed by atoms with Gasteiger partial charge in [0.15, 0.2) is 5.69 Å². The van der Waals surface area contributed by atoms with Crippen molar-refractivity contribution in [3.05, 3.63) is 60.0 Å². The van der Waals surface area contributed by atoms with Crippen LogP contribution in [-0.2, 0) is 0 Å². The number of nitrogens with one attached hydrogen (secondary N) is 2. The van der Waals surface area contributed by atoms with Gasteiger partial charge in [-0.05, 0) is 31.0 Å². The summed E-state index contributed by atoms with van der Waals surface area (Å²) in [7, 11) is 0. The van der Waals surface area contributed by atoms with Crippen LogP contribution in [0.4, 0.5) is 0 Å². The fraction of sp³-hybridized carbons (Fsp3) is 0.250. The normalized spacial score (nSPS) is 15.8. The molecule has 0 saturated carbocycles. The lowest BCUT2D eigenvalue weighted by molar-refractivity contribution is 0.0707. The number of H-pyrrole nitrogens is 2. The Morgan fingerprint density at radius 1 is 1.00 bits per heavy atom. The van der Waals surface area contributed by atoms with Crippen LogP contribution in [0.5, 0.6) is 0 Å². The van der Waals surface area contributed by atoms with Crippen LogP contribution < -0.4 is 0 Å². The average molecular weight is 345 g/mol. The summed E-state index contributed by atoms with van der Waals surface area (Å²) in [6, 6.07) is 15.8. The molecule has 1 aliphatic heterocycles. The van der Waals surface area contributed by atoms with Crippen LogP contribution >= 0.6 is 0 Å². The Kier molecular flexibility index (Phi) is 3.48. The highest BCUT2D eigenvalue weighted by Crippen LogP contribution is 2.29. The molecule has 1 fully saturated rings. The zero-order valence-corrected chi connectivity index (χ0v) is 14.3. The third kappa shape index (κ3) is 2.45. The maximum atomic E-state index is 12.9. The second-order valence-corrected chi connectivity index (χ2v) is 6.82. The third-order valence-corrected chi connectivity index (χ3v) is 5.25. The first-order valence-electron chi connectivity index (χ1n) is 8.96. The molecule has 3 heterocycles. The number of aromatic amines is 2. The van der Waals surface area contributed by atoms with E-state index in [2.05, 4.69) is 15.2 Å². The summed E-state index contributed by atoms with van der Waals surface area (Å²) in [4.78, 5) is 22.9. The van der Waals surface area contributed by atoms with Crippen LogP contribution in [-0.4, -0.2) is 44.1 Å². The number of nitrogens with zero attached hydrogens (tertiary/aromatic N) is 3. The number of piperidine rings is 1. The van der Waals surface area contributed by atoms with Crippen LogP contribution in [0.15, 0.2) is 48.5 Å². The van der Waals surface area contributed by atoms with Gasteiger partial charge in [-0.3, -0.25) is 9.89 Å². The molecular weight excluding hydrogens is 326 g/mol. The summed E-state index contributed by atoms with van der Waals surface area (Å²) in [6.07, 6.45) is 1.82. The predicted octanol–water partition coefficient (Wildman–Crippen LogP) is 3.46. The van der Waals surface area contributed by atoms with Crippen molar-refractivity contribution >= 4 is 27.8 Å². The van der Waals surface area contributed by atoms with Crippen LogP contribution in [0, 0.1) is 0 Å². The van der Waals surface area contributed by atoms with Gasteiger partial charge in [0.1, 0.15) is 5.82 Å². The van der Waals surface area contributed by atoms with E-state index in [1.165, 1.54) is 0 Å². The van der Waals surface area contributed by atoms with Gasteiger partial charge in [0.05, 0.1) is 16.6 Å². The molecule has 0 radical (unpaired) electrons. The Morgan fingerprint density at radius 3 is 2.54 bits per heavy atom. The van der Waals surface area contributed by atoms with Gasteiger partial charge < -0.3 is 9.88 Å². The highest BCUT2D eigenvalue weighted by molar-refractivity contribution is 6.04. The van der Waals surface area contributed by atoms with Crippen molar-refractivity contribution < 1.29 is 4.79 Å². The van der Waals surface area contributed by atoms with Crippen molar-refractivity contribution in [2.45, 2.75) is 18.8 Å². The number of carbonyl (C=O) groups excluding carboxylic acids is 1. The average Bonchev–Trinajstić information content (AvgIpc) is 3.32. The monoisotopic (exact) mass is 345 g/mol. The second kappa shape index (κ2) is 5.98. The standard InChI is InChI=1S/C20H19N5O/c26-20(18-14-5-1-2-6-15(14)23-24-18)25-11-9-13(10-12-25)19-21-16-7-3-4-8-17(16)22-19/h1-8,13H,9-12H2,(H,21,22)(H,23,24). The van der Waals surface area contributed by atoms with Crippen molar-refractivity contribution in [1.82, 2.24) is 25.1 Å². The molecule has 26 heavy (non-hydrogen) atoms. The molecule has 2 aromatic carbocycles. The molecule has 1 aliphatic rings. The van der Waals surface area contributed by atoms with E-state index in [9.17, 15) is 4.79 Å². The summed E-state index contributed by atoms with van der Waals surface area (Å²) in [5.74, 6) is 1.40. The number of carbonyl (C=O) groups is 1. The van der Waals surface area contributed by atoms with Crippen molar-refractivity contribution in [1.29, 1.82) is 0 Å². The second-order valence-electron chi connectivity index (χ2n) is 6.82. The molecule has 130 valence electrons. The molecule has 2 N–H and O–H groups in total. The highest BCUT2D eigenvalue weighted by atomic mass is 16.2. The molecule has 1 saturated heterocycles. The maximum absolute atomic E-state index is 12.9.